The standard InChI is InChI=1S/C31H29NO/c1-3-7-27(8-4-1)31-22-30(32(33-31)28-9-5-2-6-10-28)29-21-25-16-15-23-11-13-24(14-12-23)17-19-26(29)20-18-25/h1-14,18,20-21,30-31H,15-17,19,22H2/t30-,31+/m0/s1. The average Bonchev–Trinajstić information content (AvgIpc) is 3.32. The summed E-state index contributed by atoms with van der Waals surface area (Å²) in [5.74, 6) is 0. The fourth-order valence-corrected chi connectivity index (χ4v) is 5.26. The third-order valence-electron chi connectivity index (χ3n) is 7.12. The van der Waals surface area contributed by atoms with Crippen molar-refractivity contribution in [2.45, 2.75) is 44.2 Å². The maximum Gasteiger partial charge on any atom is 0.113 e. The van der Waals surface area contributed by atoms with Crippen LogP contribution in [0.5, 0.6) is 0 Å². The van der Waals surface area contributed by atoms with Gasteiger partial charge in [0.1, 0.15) is 6.10 Å². The minimum atomic E-state index is 0.0543. The maximum atomic E-state index is 6.64. The number of benzene rings is 4. The van der Waals surface area contributed by atoms with Crippen LogP contribution < -0.4 is 5.06 Å². The van der Waals surface area contributed by atoms with Gasteiger partial charge in [-0.25, -0.2) is 5.06 Å². The average molecular weight is 432 g/mol. The first kappa shape index (κ1) is 20.3. The van der Waals surface area contributed by atoms with Gasteiger partial charge in [-0.3, -0.25) is 4.84 Å². The molecule has 0 saturated carbocycles. The lowest BCUT2D eigenvalue weighted by atomic mass is 9.88. The Bertz CT molecular complexity index is 1220. The summed E-state index contributed by atoms with van der Waals surface area (Å²) in [5.41, 5.74) is 9.47. The van der Waals surface area contributed by atoms with Crippen LogP contribution in [0.15, 0.2) is 103 Å². The Kier molecular flexibility index (Phi) is 5.45. The van der Waals surface area contributed by atoms with E-state index in [4.69, 9.17) is 4.84 Å². The number of hydrogen-bond donors (Lipinski definition) is 0. The summed E-state index contributed by atoms with van der Waals surface area (Å²) in [7, 11) is 0. The van der Waals surface area contributed by atoms with E-state index >= 15 is 0 Å². The molecule has 1 heterocycles. The predicted octanol–water partition coefficient (Wildman–Crippen LogP) is 7.19. The molecule has 2 atom stereocenters. The minimum absolute atomic E-state index is 0.0543. The Balaban J connectivity index is 1.40. The van der Waals surface area contributed by atoms with E-state index in [9.17, 15) is 0 Å². The lowest BCUT2D eigenvalue weighted by molar-refractivity contribution is 0.0836. The summed E-state index contributed by atoms with van der Waals surface area (Å²) in [6.07, 6.45) is 5.25. The Morgan fingerprint density at radius 2 is 1.21 bits per heavy atom. The van der Waals surface area contributed by atoms with E-state index in [1.165, 1.54) is 33.4 Å². The molecule has 4 aromatic carbocycles. The molecule has 1 saturated heterocycles. The van der Waals surface area contributed by atoms with Gasteiger partial charge in [0.2, 0.25) is 0 Å². The molecule has 1 fully saturated rings. The lowest BCUT2D eigenvalue weighted by Crippen LogP contribution is -2.22. The number of para-hydroxylation sites is 1. The molecule has 2 nitrogen and oxygen atoms in total. The summed E-state index contributed by atoms with van der Waals surface area (Å²) in [6, 6.07) is 37.8. The molecule has 5 aliphatic rings. The van der Waals surface area contributed by atoms with Gasteiger partial charge in [-0.05, 0) is 71.2 Å². The predicted molar refractivity (Wildman–Crippen MR) is 134 cm³/mol. The number of hydrogen-bond acceptors (Lipinski definition) is 2. The van der Waals surface area contributed by atoms with Crippen LogP contribution >= 0.6 is 0 Å². The smallest absolute Gasteiger partial charge is 0.113 e. The van der Waals surface area contributed by atoms with Crippen molar-refractivity contribution in [3.63, 3.8) is 0 Å². The molecule has 4 aliphatic carbocycles. The number of rotatable bonds is 3. The Morgan fingerprint density at radius 3 is 1.94 bits per heavy atom. The highest BCUT2D eigenvalue weighted by atomic mass is 16.7. The van der Waals surface area contributed by atoms with Crippen LogP contribution in [0.3, 0.4) is 0 Å². The molecule has 4 aromatic rings. The summed E-state index contributed by atoms with van der Waals surface area (Å²) in [4.78, 5) is 6.64. The maximum absolute atomic E-state index is 6.64. The lowest BCUT2D eigenvalue weighted by Gasteiger charge is -2.27. The van der Waals surface area contributed by atoms with E-state index in [0.29, 0.717) is 0 Å². The van der Waals surface area contributed by atoms with E-state index in [1.54, 1.807) is 0 Å². The van der Waals surface area contributed by atoms with E-state index in [1.807, 2.05) is 0 Å². The summed E-state index contributed by atoms with van der Waals surface area (Å²) in [6.45, 7) is 0. The van der Waals surface area contributed by atoms with Gasteiger partial charge in [0.25, 0.3) is 0 Å². The van der Waals surface area contributed by atoms with Crippen molar-refractivity contribution in [2.75, 3.05) is 5.06 Å². The third kappa shape index (κ3) is 4.19. The molecule has 2 heteroatoms. The second-order valence-electron chi connectivity index (χ2n) is 9.27. The van der Waals surface area contributed by atoms with Gasteiger partial charge in [-0.1, -0.05) is 91.0 Å². The van der Waals surface area contributed by atoms with Crippen LogP contribution in [0.2, 0.25) is 0 Å². The first-order valence-corrected chi connectivity index (χ1v) is 12.1. The molecular weight excluding hydrogens is 402 g/mol. The normalized spacial score (nSPS) is 19.9. The molecule has 33 heavy (non-hydrogen) atoms. The SMILES string of the molecule is c1ccc([C@H]2C[C@@H](c3cc4ccc3CCc3ccc(cc3)CC4)N(c3ccccc3)O2)cc1. The van der Waals surface area contributed by atoms with Crippen LogP contribution in [0.1, 0.15) is 51.9 Å². The molecule has 164 valence electrons. The number of aryl methyl sites for hydroxylation is 4. The van der Waals surface area contributed by atoms with Crippen molar-refractivity contribution in [1.29, 1.82) is 0 Å². The van der Waals surface area contributed by atoms with Gasteiger partial charge in [-0.2, -0.15) is 0 Å². The van der Waals surface area contributed by atoms with Gasteiger partial charge in [0.15, 0.2) is 0 Å². The van der Waals surface area contributed by atoms with Crippen molar-refractivity contribution in [3.8, 4) is 0 Å². The fraction of sp³-hybridized carbons (Fsp3) is 0.226. The molecule has 0 spiro atoms. The van der Waals surface area contributed by atoms with Gasteiger partial charge in [-0.15, -0.1) is 0 Å². The highest BCUT2D eigenvalue weighted by Crippen LogP contribution is 2.45. The molecule has 4 bridgehead atoms. The molecule has 9 rings (SSSR count). The van der Waals surface area contributed by atoms with Crippen LogP contribution in [0, 0.1) is 0 Å². The molecule has 1 aliphatic heterocycles. The zero-order chi connectivity index (χ0) is 22.0. The van der Waals surface area contributed by atoms with Crippen LogP contribution in [0.25, 0.3) is 0 Å². The molecule has 0 amide bonds. The second kappa shape index (κ2) is 8.88. The molecule has 0 N–H and O–H groups in total. The highest BCUT2D eigenvalue weighted by molar-refractivity contribution is 5.50. The monoisotopic (exact) mass is 431 g/mol. The van der Waals surface area contributed by atoms with Crippen molar-refractivity contribution in [3.05, 3.63) is 137 Å². The molecular formula is C31H29NO. The number of anilines is 1. The molecule has 0 aromatic heterocycles. The quantitative estimate of drug-likeness (QED) is 0.340. The first-order valence-electron chi connectivity index (χ1n) is 12.1. The number of nitrogens with zero attached hydrogens (tertiary/aromatic N) is 1. The zero-order valence-corrected chi connectivity index (χ0v) is 18.9. The largest absolute Gasteiger partial charge is 0.265 e. The van der Waals surface area contributed by atoms with E-state index in [2.05, 4.69) is 108 Å². The van der Waals surface area contributed by atoms with E-state index in [-0.39, 0.29) is 12.1 Å². The van der Waals surface area contributed by atoms with Crippen molar-refractivity contribution in [1.82, 2.24) is 0 Å². The zero-order valence-electron chi connectivity index (χ0n) is 18.9. The fourth-order valence-electron chi connectivity index (χ4n) is 5.26. The van der Waals surface area contributed by atoms with E-state index in [0.717, 1.165) is 37.8 Å². The molecule has 0 radical (unpaired) electrons. The summed E-state index contributed by atoms with van der Waals surface area (Å²) in [5, 5.41) is 2.17. The van der Waals surface area contributed by atoms with Crippen LogP contribution in [-0.4, -0.2) is 0 Å². The topological polar surface area (TPSA) is 12.5 Å². The highest BCUT2D eigenvalue weighted by Gasteiger charge is 2.37. The Hall–Kier alpha value is -3.36. The van der Waals surface area contributed by atoms with Crippen molar-refractivity contribution >= 4 is 5.69 Å². The van der Waals surface area contributed by atoms with Gasteiger partial charge in [0.05, 0.1) is 11.7 Å². The number of hydroxylamine groups is 1. The van der Waals surface area contributed by atoms with Crippen molar-refractivity contribution in [2.24, 2.45) is 0 Å². The van der Waals surface area contributed by atoms with Gasteiger partial charge < -0.3 is 0 Å². The first-order chi connectivity index (χ1) is 16.3. The minimum Gasteiger partial charge on any atom is -0.265 e. The van der Waals surface area contributed by atoms with E-state index < -0.39 is 0 Å². The van der Waals surface area contributed by atoms with Crippen LogP contribution in [-0.2, 0) is 30.5 Å². The molecule has 0 unspecified atom stereocenters. The van der Waals surface area contributed by atoms with Crippen LogP contribution in [0.4, 0.5) is 5.69 Å². The summed E-state index contributed by atoms with van der Waals surface area (Å²) < 4.78 is 0. The second-order valence-corrected chi connectivity index (χ2v) is 9.27. The Labute approximate surface area is 196 Å². The van der Waals surface area contributed by atoms with Crippen molar-refractivity contribution < 1.29 is 4.84 Å². The van der Waals surface area contributed by atoms with Gasteiger partial charge >= 0.3 is 0 Å². The Morgan fingerprint density at radius 1 is 0.606 bits per heavy atom. The summed E-state index contributed by atoms with van der Waals surface area (Å²) >= 11 is 0. The third-order valence-corrected chi connectivity index (χ3v) is 7.12. The van der Waals surface area contributed by atoms with Gasteiger partial charge in [0, 0.05) is 6.42 Å².